The Bertz CT molecular complexity index is 806. The van der Waals surface area contributed by atoms with Gasteiger partial charge < -0.3 is 9.47 Å². The third-order valence-corrected chi connectivity index (χ3v) is 3.40. The Labute approximate surface area is 157 Å². The molecule has 0 aromatic heterocycles. The summed E-state index contributed by atoms with van der Waals surface area (Å²) in [5.41, 5.74) is 5.04. The topological polar surface area (TPSA) is 76.7 Å². The van der Waals surface area contributed by atoms with Crippen LogP contribution in [0.3, 0.4) is 0 Å². The molecule has 0 aliphatic rings. The van der Waals surface area contributed by atoms with Gasteiger partial charge in [-0.25, -0.2) is 4.39 Å². The second-order valence-corrected chi connectivity index (χ2v) is 5.53. The van der Waals surface area contributed by atoms with Crippen LogP contribution >= 0.6 is 0 Å². The molecule has 0 aliphatic heterocycles. The summed E-state index contributed by atoms with van der Waals surface area (Å²) < 4.78 is 23.9. The van der Waals surface area contributed by atoms with E-state index >= 15 is 0 Å². The van der Waals surface area contributed by atoms with Crippen molar-refractivity contribution in [2.45, 2.75) is 20.0 Å². The Hall–Kier alpha value is -3.35. The molecule has 0 spiro atoms. The Balaban J connectivity index is 1.79. The predicted octanol–water partition coefficient (Wildman–Crippen LogP) is 2.85. The van der Waals surface area contributed by atoms with Crippen LogP contribution in [-0.2, 0) is 9.59 Å². The zero-order chi connectivity index (χ0) is 19.6. The van der Waals surface area contributed by atoms with Gasteiger partial charge >= 0.3 is 0 Å². The van der Waals surface area contributed by atoms with Gasteiger partial charge in [0.05, 0.1) is 6.61 Å². The molecule has 2 amide bonds. The van der Waals surface area contributed by atoms with Crippen LogP contribution in [0.15, 0.2) is 54.6 Å². The van der Waals surface area contributed by atoms with Gasteiger partial charge in [-0.2, -0.15) is 0 Å². The fraction of sp³-hybridized carbons (Fsp3) is 0.200. The van der Waals surface area contributed by atoms with Crippen molar-refractivity contribution in [1.82, 2.24) is 10.9 Å². The Morgan fingerprint density at radius 2 is 1.81 bits per heavy atom. The molecule has 0 radical (unpaired) electrons. The molecule has 2 aromatic rings. The number of ether oxygens (including phenoxy) is 2. The molecule has 2 N–H and O–H groups in total. The van der Waals surface area contributed by atoms with Crippen LogP contribution in [0.4, 0.5) is 4.39 Å². The summed E-state index contributed by atoms with van der Waals surface area (Å²) in [6.45, 7) is 4.01. The maximum Gasteiger partial charge on any atom is 0.279 e. The lowest BCUT2D eigenvalue weighted by Gasteiger charge is -2.15. The zero-order valence-electron chi connectivity index (χ0n) is 15.1. The van der Waals surface area contributed by atoms with Gasteiger partial charge in [-0.05, 0) is 61.9 Å². The monoisotopic (exact) mass is 372 g/mol. The number of amides is 2. The van der Waals surface area contributed by atoms with Crippen LogP contribution in [0.1, 0.15) is 19.4 Å². The first kappa shape index (κ1) is 20.0. The van der Waals surface area contributed by atoms with E-state index < -0.39 is 23.7 Å². The minimum absolute atomic E-state index is 0.397. The SMILES string of the molecule is CCOc1ccc(OC(C)C(=O)NNC(=O)/C=C/c2cccc(F)c2)cc1. The Kier molecular flexibility index (Phi) is 7.37. The molecule has 1 atom stereocenters. The number of hydrogen-bond acceptors (Lipinski definition) is 4. The minimum Gasteiger partial charge on any atom is -0.494 e. The van der Waals surface area contributed by atoms with Gasteiger partial charge in [0.15, 0.2) is 6.10 Å². The molecule has 0 saturated carbocycles. The average molecular weight is 372 g/mol. The van der Waals surface area contributed by atoms with E-state index in [2.05, 4.69) is 10.9 Å². The minimum atomic E-state index is -0.824. The summed E-state index contributed by atoms with van der Waals surface area (Å²) >= 11 is 0. The highest BCUT2D eigenvalue weighted by Gasteiger charge is 2.15. The normalized spacial score (nSPS) is 11.7. The van der Waals surface area contributed by atoms with E-state index in [-0.39, 0.29) is 0 Å². The van der Waals surface area contributed by atoms with E-state index in [9.17, 15) is 14.0 Å². The van der Waals surface area contributed by atoms with Crippen LogP contribution in [0, 0.1) is 5.82 Å². The zero-order valence-corrected chi connectivity index (χ0v) is 15.1. The van der Waals surface area contributed by atoms with E-state index in [1.165, 1.54) is 30.4 Å². The van der Waals surface area contributed by atoms with Gasteiger partial charge in [-0.1, -0.05) is 12.1 Å². The lowest BCUT2D eigenvalue weighted by atomic mass is 10.2. The van der Waals surface area contributed by atoms with E-state index in [0.717, 1.165) is 0 Å². The van der Waals surface area contributed by atoms with E-state index in [0.29, 0.717) is 23.7 Å². The van der Waals surface area contributed by atoms with Crippen molar-refractivity contribution in [1.29, 1.82) is 0 Å². The molecule has 142 valence electrons. The lowest BCUT2D eigenvalue weighted by molar-refractivity contribution is -0.131. The third kappa shape index (κ3) is 6.81. The van der Waals surface area contributed by atoms with E-state index in [1.54, 1.807) is 37.3 Å². The fourth-order valence-electron chi connectivity index (χ4n) is 2.09. The Morgan fingerprint density at radius 1 is 1.11 bits per heavy atom. The maximum atomic E-state index is 13.1. The highest BCUT2D eigenvalue weighted by Crippen LogP contribution is 2.18. The van der Waals surface area contributed by atoms with Crippen LogP contribution < -0.4 is 20.3 Å². The molecule has 2 aromatic carbocycles. The maximum absolute atomic E-state index is 13.1. The number of nitrogens with one attached hydrogen (secondary N) is 2. The molecular formula is C20H21FN2O4. The number of hydrazine groups is 1. The molecular weight excluding hydrogens is 351 g/mol. The number of rotatable bonds is 7. The first-order valence-corrected chi connectivity index (χ1v) is 8.41. The number of carbonyl (C=O) groups excluding carboxylic acids is 2. The highest BCUT2D eigenvalue weighted by atomic mass is 19.1. The molecule has 6 nitrogen and oxygen atoms in total. The standard InChI is InChI=1S/C20H21FN2O4/c1-3-26-17-8-10-18(11-9-17)27-14(2)20(25)23-22-19(24)12-7-15-5-4-6-16(21)13-15/h4-14H,3H2,1-2H3,(H,22,24)(H,23,25)/b12-7+. The van der Waals surface area contributed by atoms with Gasteiger partial charge in [-0.3, -0.25) is 20.4 Å². The van der Waals surface area contributed by atoms with Crippen LogP contribution in [-0.4, -0.2) is 24.5 Å². The van der Waals surface area contributed by atoms with Crippen LogP contribution in [0.5, 0.6) is 11.5 Å². The van der Waals surface area contributed by atoms with Gasteiger partial charge in [-0.15, -0.1) is 0 Å². The number of carbonyl (C=O) groups is 2. The van der Waals surface area contributed by atoms with E-state index in [4.69, 9.17) is 9.47 Å². The van der Waals surface area contributed by atoms with Crippen molar-refractivity contribution in [3.8, 4) is 11.5 Å². The lowest BCUT2D eigenvalue weighted by Crippen LogP contribution is -2.46. The molecule has 27 heavy (non-hydrogen) atoms. The molecule has 7 heteroatoms. The molecule has 2 rings (SSSR count). The molecule has 0 bridgehead atoms. The summed E-state index contributed by atoms with van der Waals surface area (Å²) in [4.78, 5) is 23.7. The van der Waals surface area contributed by atoms with Crippen LogP contribution in [0.2, 0.25) is 0 Å². The van der Waals surface area contributed by atoms with Gasteiger partial charge in [0.2, 0.25) is 0 Å². The first-order chi connectivity index (χ1) is 13.0. The summed E-state index contributed by atoms with van der Waals surface area (Å²) in [6, 6.07) is 12.6. The second-order valence-electron chi connectivity index (χ2n) is 5.53. The largest absolute Gasteiger partial charge is 0.494 e. The fourth-order valence-corrected chi connectivity index (χ4v) is 2.09. The van der Waals surface area contributed by atoms with Gasteiger partial charge in [0.1, 0.15) is 17.3 Å². The number of halogens is 1. The Morgan fingerprint density at radius 3 is 2.48 bits per heavy atom. The van der Waals surface area contributed by atoms with E-state index in [1.807, 2.05) is 6.92 Å². The van der Waals surface area contributed by atoms with Crippen molar-refractivity contribution in [3.63, 3.8) is 0 Å². The first-order valence-electron chi connectivity index (χ1n) is 8.41. The quantitative estimate of drug-likeness (QED) is 0.579. The van der Waals surface area contributed by atoms with Gasteiger partial charge in [0.25, 0.3) is 11.8 Å². The number of hydrogen-bond donors (Lipinski definition) is 2. The highest BCUT2D eigenvalue weighted by molar-refractivity contribution is 5.93. The molecule has 0 saturated heterocycles. The average Bonchev–Trinajstić information content (AvgIpc) is 2.66. The third-order valence-electron chi connectivity index (χ3n) is 3.40. The van der Waals surface area contributed by atoms with Crippen molar-refractivity contribution >= 4 is 17.9 Å². The number of benzene rings is 2. The molecule has 1 unspecified atom stereocenters. The van der Waals surface area contributed by atoms with Crippen molar-refractivity contribution in [2.75, 3.05) is 6.61 Å². The molecule has 0 aliphatic carbocycles. The smallest absolute Gasteiger partial charge is 0.279 e. The second kappa shape index (κ2) is 9.96. The van der Waals surface area contributed by atoms with Gasteiger partial charge in [0, 0.05) is 6.08 Å². The molecule has 0 heterocycles. The predicted molar refractivity (Wildman–Crippen MR) is 99.4 cm³/mol. The van der Waals surface area contributed by atoms with Crippen molar-refractivity contribution in [3.05, 3.63) is 66.0 Å². The summed E-state index contributed by atoms with van der Waals surface area (Å²) in [6.07, 6.45) is 1.80. The van der Waals surface area contributed by atoms with Crippen LogP contribution in [0.25, 0.3) is 6.08 Å². The van der Waals surface area contributed by atoms with Crippen molar-refractivity contribution < 1.29 is 23.5 Å². The summed E-state index contributed by atoms with van der Waals surface area (Å²) in [5, 5.41) is 0. The molecule has 0 fully saturated rings. The summed E-state index contributed by atoms with van der Waals surface area (Å²) in [5.74, 6) is -0.263. The summed E-state index contributed by atoms with van der Waals surface area (Å²) in [7, 11) is 0. The van der Waals surface area contributed by atoms with Crippen molar-refractivity contribution in [2.24, 2.45) is 0 Å².